The fraction of sp³-hybridized carbons (Fsp3) is 0.273. The lowest BCUT2D eigenvalue weighted by molar-refractivity contribution is -0.138. The minimum atomic E-state index is -0.667. The van der Waals surface area contributed by atoms with Crippen LogP contribution < -0.4 is 10.1 Å². The van der Waals surface area contributed by atoms with E-state index in [0.717, 1.165) is 0 Å². The zero-order valence-electron chi connectivity index (χ0n) is 8.47. The van der Waals surface area contributed by atoms with Crippen molar-refractivity contribution in [3.05, 3.63) is 24.3 Å². The molecule has 5 heteroatoms. The van der Waals surface area contributed by atoms with Gasteiger partial charge in [-0.15, -0.1) is 0 Å². The molecule has 1 saturated heterocycles. The Bertz CT molecular complexity index is 430. The van der Waals surface area contributed by atoms with Gasteiger partial charge >= 0.3 is 0 Å². The maximum Gasteiger partial charge on any atom is 0.267 e. The second-order valence-corrected chi connectivity index (χ2v) is 3.55. The number of phenols is 1. The number of carbonyl (C=O) groups is 2. The van der Waals surface area contributed by atoms with E-state index in [2.05, 4.69) is 5.32 Å². The summed E-state index contributed by atoms with van der Waals surface area (Å²) in [6.45, 7) is 0. The van der Waals surface area contributed by atoms with Crippen molar-refractivity contribution in [2.45, 2.75) is 18.9 Å². The van der Waals surface area contributed by atoms with E-state index >= 15 is 0 Å². The first-order chi connectivity index (χ1) is 7.65. The van der Waals surface area contributed by atoms with E-state index < -0.39 is 12.0 Å². The Morgan fingerprint density at radius 3 is 2.88 bits per heavy atom. The number of imide groups is 1. The lowest BCUT2D eigenvalue weighted by atomic mass is 10.1. The highest BCUT2D eigenvalue weighted by Crippen LogP contribution is 2.20. The molecule has 1 fully saturated rings. The summed E-state index contributed by atoms with van der Waals surface area (Å²) >= 11 is 0. The van der Waals surface area contributed by atoms with Gasteiger partial charge in [0.05, 0.1) is 0 Å². The molecular formula is C11H11NO4. The van der Waals surface area contributed by atoms with Crippen LogP contribution in [0.25, 0.3) is 0 Å². The fourth-order valence-electron chi connectivity index (χ4n) is 1.51. The van der Waals surface area contributed by atoms with Crippen LogP contribution in [0.4, 0.5) is 0 Å². The molecule has 1 atom stereocenters. The van der Waals surface area contributed by atoms with Crippen LogP contribution in [0.5, 0.6) is 11.5 Å². The van der Waals surface area contributed by atoms with Crippen LogP contribution in [-0.4, -0.2) is 23.0 Å². The van der Waals surface area contributed by atoms with E-state index in [0.29, 0.717) is 12.2 Å². The number of aromatic hydroxyl groups is 1. The molecule has 0 aliphatic carbocycles. The molecule has 0 spiro atoms. The van der Waals surface area contributed by atoms with Crippen molar-refractivity contribution in [3.8, 4) is 11.5 Å². The third-order valence-corrected chi connectivity index (χ3v) is 2.28. The first-order valence-corrected chi connectivity index (χ1v) is 4.94. The van der Waals surface area contributed by atoms with Crippen molar-refractivity contribution in [2.24, 2.45) is 0 Å². The standard InChI is InChI=1S/C11H11NO4/c13-7-2-1-3-8(6-7)16-9-4-5-10(14)12-11(9)15/h1-3,6,9,13H,4-5H2,(H,12,14,15). The molecule has 1 aromatic rings. The summed E-state index contributed by atoms with van der Waals surface area (Å²) in [5, 5.41) is 11.4. The predicted molar refractivity (Wildman–Crippen MR) is 54.9 cm³/mol. The molecule has 0 aromatic heterocycles. The van der Waals surface area contributed by atoms with Gasteiger partial charge in [0.25, 0.3) is 5.91 Å². The number of rotatable bonds is 2. The number of hydrogen-bond acceptors (Lipinski definition) is 4. The number of ether oxygens (including phenoxy) is 1. The average Bonchev–Trinajstić information content (AvgIpc) is 2.22. The Balaban J connectivity index is 2.05. The molecule has 2 N–H and O–H groups in total. The third-order valence-electron chi connectivity index (χ3n) is 2.28. The van der Waals surface area contributed by atoms with Gasteiger partial charge in [0.1, 0.15) is 11.5 Å². The number of benzene rings is 1. The van der Waals surface area contributed by atoms with Crippen LogP contribution in [0.15, 0.2) is 24.3 Å². The van der Waals surface area contributed by atoms with Crippen molar-refractivity contribution < 1.29 is 19.4 Å². The van der Waals surface area contributed by atoms with Crippen LogP contribution in [0.3, 0.4) is 0 Å². The molecule has 2 amide bonds. The minimum absolute atomic E-state index is 0.0739. The topological polar surface area (TPSA) is 75.6 Å². The molecule has 84 valence electrons. The highest BCUT2D eigenvalue weighted by Gasteiger charge is 2.28. The zero-order chi connectivity index (χ0) is 11.5. The lowest BCUT2D eigenvalue weighted by Crippen LogP contribution is -2.46. The van der Waals surface area contributed by atoms with Gasteiger partial charge in [-0.05, 0) is 12.1 Å². The van der Waals surface area contributed by atoms with Gasteiger partial charge in [0, 0.05) is 18.9 Å². The van der Waals surface area contributed by atoms with E-state index in [4.69, 9.17) is 4.74 Å². The van der Waals surface area contributed by atoms with Crippen LogP contribution >= 0.6 is 0 Å². The molecule has 1 heterocycles. The fourth-order valence-corrected chi connectivity index (χ4v) is 1.51. The Kier molecular flexibility index (Phi) is 2.76. The first-order valence-electron chi connectivity index (χ1n) is 4.94. The number of piperidine rings is 1. The smallest absolute Gasteiger partial charge is 0.267 e. The molecule has 0 bridgehead atoms. The molecule has 16 heavy (non-hydrogen) atoms. The maximum atomic E-state index is 11.4. The largest absolute Gasteiger partial charge is 0.508 e. The highest BCUT2D eigenvalue weighted by atomic mass is 16.5. The lowest BCUT2D eigenvalue weighted by Gasteiger charge is -2.21. The highest BCUT2D eigenvalue weighted by molar-refractivity contribution is 5.99. The van der Waals surface area contributed by atoms with Gasteiger partial charge in [-0.2, -0.15) is 0 Å². The molecule has 0 saturated carbocycles. The van der Waals surface area contributed by atoms with Crippen LogP contribution in [0, 0.1) is 0 Å². The van der Waals surface area contributed by atoms with Gasteiger partial charge in [0.2, 0.25) is 5.91 Å². The second kappa shape index (κ2) is 4.22. The van der Waals surface area contributed by atoms with Crippen molar-refractivity contribution in [3.63, 3.8) is 0 Å². The third kappa shape index (κ3) is 2.31. The zero-order valence-corrected chi connectivity index (χ0v) is 8.47. The molecule has 1 unspecified atom stereocenters. The SMILES string of the molecule is O=C1CCC(Oc2cccc(O)c2)C(=O)N1. The van der Waals surface area contributed by atoms with Crippen molar-refractivity contribution in [1.82, 2.24) is 5.32 Å². The van der Waals surface area contributed by atoms with Crippen molar-refractivity contribution >= 4 is 11.8 Å². The quantitative estimate of drug-likeness (QED) is 0.716. The first kappa shape index (κ1) is 10.5. The summed E-state index contributed by atoms with van der Waals surface area (Å²) in [4.78, 5) is 22.3. The van der Waals surface area contributed by atoms with E-state index in [-0.39, 0.29) is 18.1 Å². The Morgan fingerprint density at radius 1 is 1.38 bits per heavy atom. The Morgan fingerprint density at radius 2 is 2.19 bits per heavy atom. The van der Waals surface area contributed by atoms with Crippen LogP contribution in [0.1, 0.15) is 12.8 Å². The van der Waals surface area contributed by atoms with Crippen molar-refractivity contribution in [2.75, 3.05) is 0 Å². The number of phenolic OH excluding ortho intramolecular Hbond substituents is 1. The van der Waals surface area contributed by atoms with Gasteiger partial charge in [-0.25, -0.2) is 0 Å². The van der Waals surface area contributed by atoms with Crippen LogP contribution in [-0.2, 0) is 9.59 Å². The van der Waals surface area contributed by atoms with Crippen LogP contribution in [0.2, 0.25) is 0 Å². The van der Waals surface area contributed by atoms with E-state index in [1.165, 1.54) is 12.1 Å². The normalized spacial score (nSPS) is 20.4. The summed E-state index contributed by atoms with van der Waals surface area (Å²) in [5.74, 6) is -0.223. The number of nitrogens with one attached hydrogen (secondary N) is 1. The summed E-state index contributed by atoms with van der Waals surface area (Å²) in [6.07, 6.45) is -0.0327. The molecule has 1 aliphatic rings. The summed E-state index contributed by atoms with van der Waals surface area (Å²) in [7, 11) is 0. The van der Waals surface area contributed by atoms with Crippen molar-refractivity contribution in [1.29, 1.82) is 0 Å². The van der Waals surface area contributed by atoms with E-state index in [9.17, 15) is 14.7 Å². The maximum absolute atomic E-state index is 11.4. The average molecular weight is 221 g/mol. The molecule has 1 aliphatic heterocycles. The Labute approximate surface area is 92.0 Å². The van der Waals surface area contributed by atoms with Gasteiger partial charge in [0.15, 0.2) is 6.10 Å². The molecular weight excluding hydrogens is 210 g/mol. The Hall–Kier alpha value is -2.04. The molecule has 2 rings (SSSR count). The number of carbonyl (C=O) groups excluding carboxylic acids is 2. The van der Waals surface area contributed by atoms with Gasteiger partial charge in [-0.1, -0.05) is 6.07 Å². The summed E-state index contributed by atoms with van der Waals surface area (Å²) in [6, 6.07) is 6.20. The number of hydrogen-bond donors (Lipinski definition) is 2. The van der Waals surface area contributed by atoms with E-state index in [1.54, 1.807) is 12.1 Å². The molecule has 1 aromatic carbocycles. The molecule has 5 nitrogen and oxygen atoms in total. The van der Waals surface area contributed by atoms with E-state index in [1.807, 2.05) is 0 Å². The second-order valence-electron chi connectivity index (χ2n) is 3.55. The summed E-state index contributed by atoms with van der Waals surface area (Å²) in [5.41, 5.74) is 0. The molecule has 0 radical (unpaired) electrons. The van der Waals surface area contributed by atoms with Gasteiger partial charge < -0.3 is 9.84 Å². The monoisotopic (exact) mass is 221 g/mol. The summed E-state index contributed by atoms with van der Waals surface area (Å²) < 4.78 is 5.37. The predicted octanol–water partition coefficient (Wildman–Crippen LogP) is 0.576. The van der Waals surface area contributed by atoms with Gasteiger partial charge in [-0.3, -0.25) is 14.9 Å². The minimum Gasteiger partial charge on any atom is -0.508 e. The number of amides is 2.